The van der Waals surface area contributed by atoms with Crippen molar-refractivity contribution in [1.29, 1.82) is 0 Å². The summed E-state index contributed by atoms with van der Waals surface area (Å²) in [6.07, 6.45) is 3.46. The van der Waals surface area contributed by atoms with Gasteiger partial charge in [-0.1, -0.05) is 0 Å². The Kier molecular flexibility index (Phi) is 4.69. The van der Waals surface area contributed by atoms with Crippen molar-refractivity contribution in [2.45, 2.75) is 59.0 Å². The Labute approximate surface area is 122 Å². The van der Waals surface area contributed by atoms with Crippen LogP contribution in [0.1, 0.15) is 56.0 Å². The van der Waals surface area contributed by atoms with Crippen molar-refractivity contribution in [3.05, 3.63) is 29.3 Å². The normalized spacial score (nSPS) is 22.7. The molecule has 2 rings (SSSR count). The van der Waals surface area contributed by atoms with Crippen molar-refractivity contribution in [3.63, 3.8) is 0 Å². The van der Waals surface area contributed by atoms with Crippen molar-refractivity contribution in [2.75, 3.05) is 11.9 Å². The van der Waals surface area contributed by atoms with E-state index in [4.69, 9.17) is 0 Å². The number of carbonyl (C=O) groups is 1. The summed E-state index contributed by atoms with van der Waals surface area (Å²) in [7, 11) is 0. The van der Waals surface area contributed by atoms with E-state index in [9.17, 15) is 4.79 Å². The van der Waals surface area contributed by atoms with E-state index in [1.165, 1.54) is 6.42 Å². The lowest BCUT2D eigenvalue weighted by atomic mass is 9.95. The zero-order chi connectivity index (χ0) is 14.7. The Hall–Kier alpha value is -1.51. The molecule has 1 amide bonds. The Balaban J connectivity index is 2.24. The number of likely N-dealkylation sites (tertiary alicyclic amines) is 1. The van der Waals surface area contributed by atoms with Crippen LogP contribution < -0.4 is 5.32 Å². The molecule has 3 heteroatoms. The monoisotopic (exact) mass is 274 g/mol. The first-order valence-corrected chi connectivity index (χ1v) is 7.71. The third kappa shape index (κ3) is 2.97. The average Bonchev–Trinajstić information content (AvgIpc) is 2.38. The maximum absolute atomic E-state index is 12.8. The predicted octanol–water partition coefficient (Wildman–Crippen LogP) is 3.83. The molecular formula is C17H26N2O. The van der Waals surface area contributed by atoms with Gasteiger partial charge >= 0.3 is 0 Å². The lowest BCUT2D eigenvalue weighted by Gasteiger charge is -2.39. The molecule has 0 saturated carbocycles. The van der Waals surface area contributed by atoms with Crippen LogP contribution in [0.25, 0.3) is 0 Å². The summed E-state index contributed by atoms with van der Waals surface area (Å²) in [5.74, 6) is 0.185. The van der Waals surface area contributed by atoms with Crippen LogP contribution in [-0.4, -0.2) is 29.4 Å². The van der Waals surface area contributed by atoms with Crippen molar-refractivity contribution < 1.29 is 4.79 Å². The molecule has 1 aromatic carbocycles. The quantitative estimate of drug-likeness (QED) is 0.908. The molecule has 1 heterocycles. The van der Waals surface area contributed by atoms with E-state index in [0.29, 0.717) is 12.1 Å². The summed E-state index contributed by atoms with van der Waals surface area (Å²) in [4.78, 5) is 14.9. The largest absolute Gasteiger partial charge is 0.385 e. The number of benzene rings is 1. The molecule has 1 aliphatic heterocycles. The van der Waals surface area contributed by atoms with Crippen LogP contribution in [0.5, 0.6) is 0 Å². The topological polar surface area (TPSA) is 32.3 Å². The Bertz CT molecular complexity index is 474. The Morgan fingerprint density at radius 2 is 1.95 bits per heavy atom. The number of hydrogen-bond donors (Lipinski definition) is 1. The number of aryl methyl sites for hydroxylation is 1. The highest BCUT2D eigenvalue weighted by molar-refractivity contribution is 5.96. The number of carbonyl (C=O) groups excluding carboxylic acids is 1. The second-order valence-electron chi connectivity index (χ2n) is 5.90. The summed E-state index contributed by atoms with van der Waals surface area (Å²) < 4.78 is 0. The van der Waals surface area contributed by atoms with Gasteiger partial charge in [0.1, 0.15) is 0 Å². The molecule has 1 aromatic rings. The molecule has 0 bridgehead atoms. The van der Waals surface area contributed by atoms with E-state index < -0.39 is 0 Å². The molecule has 1 N–H and O–H groups in total. The van der Waals surface area contributed by atoms with E-state index in [1.54, 1.807) is 0 Å². The third-order valence-corrected chi connectivity index (χ3v) is 4.27. The van der Waals surface area contributed by atoms with Crippen LogP contribution in [-0.2, 0) is 0 Å². The van der Waals surface area contributed by atoms with E-state index in [0.717, 1.165) is 36.2 Å². The van der Waals surface area contributed by atoms with Crippen molar-refractivity contribution in [2.24, 2.45) is 0 Å². The number of anilines is 1. The zero-order valence-electron chi connectivity index (χ0n) is 13.1. The first-order chi connectivity index (χ1) is 9.54. The van der Waals surface area contributed by atoms with Gasteiger partial charge in [-0.3, -0.25) is 4.79 Å². The van der Waals surface area contributed by atoms with Gasteiger partial charge in [0.2, 0.25) is 0 Å². The molecule has 3 nitrogen and oxygen atoms in total. The number of nitrogens with one attached hydrogen (secondary N) is 1. The average molecular weight is 274 g/mol. The van der Waals surface area contributed by atoms with Gasteiger partial charge in [-0.25, -0.2) is 0 Å². The second-order valence-corrected chi connectivity index (χ2v) is 5.90. The van der Waals surface area contributed by atoms with Gasteiger partial charge in [-0.05, 0) is 70.7 Å². The molecule has 1 saturated heterocycles. The second kappa shape index (κ2) is 6.29. The Morgan fingerprint density at radius 1 is 1.30 bits per heavy atom. The van der Waals surface area contributed by atoms with E-state index in [-0.39, 0.29) is 5.91 Å². The first-order valence-electron chi connectivity index (χ1n) is 7.71. The minimum atomic E-state index is 0.185. The van der Waals surface area contributed by atoms with Crippen LogP contribution in [0, 0.1) is 6.92 Å². The standard InChI is InChI=1S/C17H26N2O/c1-5-18-15-9-10-16(12(2)11-15)17(20)19-13(3)7-6-8-14(19)4/h9-11,13-14,18H,5-8H2,1-4H3/t13-,14+. The molecule has 0 unspecified atom stereocenters. The SMILES string of the molecule is CCNc1ccc(C(=O)N2[C@H](C)CCC[C@@H]2C)c(C)c1. The fraction of sp³-hybridized carbons (Fsp3) is 0.588. The predicted molar refractivity (Wildman–Crippen MR) is 84.3 cm³/mol. The minimum absolute atomic E-state index is 0.185. The van der Waals surface area contributed by atoms with Gasteiger partial charge in [0.25, 0.3) is 5.91 Å². The zero-order valence-corrected chi connectivity index (χ0v) is 13.1. The molecule has 20 heavy (non-hydrogen) atoms. The highest BCUT2D eigenvalue weighted by Gasteiger charge is 2.30. The molecule has 2 atom stereocenters. The van der Waals surface area contributed by atoms with Gasteiger partial charge in [-0.2, -0.15) is 0 Å². The van der Waals surface area contributed by atoms with Gasteiger partial charge in [-0.15, -0.1) is 0 Å². The van der Waals surface area contributed by atoms with E-state index in [1.807, 2.05) is 19.1 Å². The summed E-state index contributed by atoms with van der Waals surface area (Å²) in [6.45, 7) is 9.32. The van der Waals surface area contributed by atoms with Crippen molar-refractivity contribution >= 4 is 11.6 Å². The van der Waals surface area contributed by atoms with Crippen LogP contribution in [0.4, 0.5) is 5.69 Å². The maximum atomic E-state index is 12.8. The molecule has 0 aromatic heterocycles. The van der Waals surface area contributed by atoms with Crippen LogP contribution in [0.3, 0.4) is 0 Å². The number of amides is 1. The smallest absolute Gasteiger partial charge is 0.254 e. The fourth-order valence-electron chi connectivity index (χ4n) is 3.18. The summed E-state index contributed by atoms with van der Waals surface area (Å²) in [5, 5.41) is 3.29. The van der Waals surface area contributed by atoms with Crippen LogP contribution in [0.2, 0.25) is 0 Å². The summed E-state index contributed by atoms with van der Waals surface area (Å²) >= 11 is 0. The highest BCUT2D eigenvalue weighted by atomic mass is 16.2. The summed E-state index contributed by atoms with van der Waals surface area (Å²) in [6, 6.07) is 6.72. The van der Waals surface area contributed by atoms with Crippen molar-refractivity contribution in [3.8, 4) is 0 Å². The van der Waals surface area contributed by atoms with E-state index in [2.05, 4.69) is 37.1 Å². The van der Waals surface area contributed by atoms with Crippen molar-refractivity contribution in [1.82, 2.24) is 4.90 Å². The highest BCUT2D eigenvalue weighted by Crippen LogP contribution is 2.26. The minimum Gasteiger partial charge on any atom is -0.385 e. The number of rotatable bonds is 3. The van der Waals surface area contributed by atoms with Gasteiger partial charge in [0.15, 0.2) is 0 Å². The molecule has 1 fully saturated rings. The fourth-order valence-corrected chi connectivity index (χ4v) is 3.18. The lowest BCUT2D eigenvalue weighted by molar-refractivity contribution is 0.0510. The molecule has 110 valence electrons. The molecule has 0 aliphatic carbocycles. The number of hydrogen-bond acceptors (Lipinski definition) is 2. The summed E-state index contributed by atoms with van der Waals surface area (Å²) in [5.41, 5.74) is 2.98. The Morgan fingerprint density at radius 3 is 2.50 bits per heavy atom. The molecular weight excluding hydrogens is 248 g/mol. The molecule has 0 radical (unpaired) electrons. The van der Waals surface area contributed by atoms with Gasteiger partial charge in [0.05, 0.1) is 0 Å². The van der Waals surface area contributed by atoms with Crippen LogP contribution >= 0.6 is 0 Å². The van der Waals surface area contributed by atoms with Gasteiger partial charge in [0, 0.05) is 29.9 Å². The molecule has 0 spiro atoms. The third-order valence-electron chi connectivity index (χ3n) is 4.27. The first kappa shape index (κ1) is 14.9. The van der Waals surface area contributed by atoms with Gasteiger partial charge < -0.3 is 10.2 Å². The van der Waals surface area contributed by atoms with E-state index >= 15 is 0 Å². The maximum Gasteiger partial charge on any atom is 0.254 e. The number of piperidine rings is 1. The molecule has 1 aliphatic rings. The van der Waals surface area contributed by atoms with Crippen LogP contribution in [0.15, 0.2) is 18.2 Å². The lowest BCUT2D eigenvalue weighted by Crippen LogP contribution is -2.47. The number of nitrogens with zero attached hydrogens (tertiary/aromatic N) is 1.